The number of ether oxygens (including phenoxy) is 2. The van der Waals surface area contributed by atoms with Crippen molar-refractivity contribution < 1.29 is 14.3 Å². The van der Waals surface area contributed by atoms with Crippen LogP contribution in [0, 0.1) is 0 Å². The number of nitrogens with one attached hydrogen (secondary N) is 1. The molecular weight excluding hydrogens is 366 g/mol. The van der Waals surface area contributed by atoms with Gasteiger partial charge in [0.15, 0.2) is 6.61 Å². The molecule has 2 aromatic carbocycles. The molecule has 2 aromatic heterocycles. The first-order valence-corrected chi connectivity index (χ1v) is 9.35. The van der Waals surface area contributed by atoms with Crippen molar-refractivity contribution in [1.29, 1.82) is 0 Å². The molecule has 1 amide bonds. The molecule has 0 aliphatic carbocycles. The Hall–Kier alpha value is -3.80. The van der Waals surface area contributed by atoms with Crippen LogP contribution in [0.5, 0.6) is 11.5 Å². The van der Waals surface area contributed by atoms with Gasteiger partial charge < -0.3 is 19.2 Å². The molecule has 6 nitrogen and oxygen atoms in total. The summed E-state index contributed by atoms with van der Waals surface area (Å²) in [6, 6.07) is 23.0. The first-order chi connectivity index (χ1) is 14.3. The quantitative estimate of drug-likeness (QED) is 0.502. The summed E-state index contributed by atoms with van der Waals surface area (Å²) >= 11 is 0. The molecule has 0 bridgehead atoms. The highest BCUT2D eigenvalue weighted by Gasteiger charge is 2.06. The summed E-state index contributed by atoms with van der Waals surface area (Å²) < 4.78 is 13.2. The molecule has 0 radical (unpaired) electrons. The number of amides is 1. The van der Waals surface area contributed by atoms with Crippen molar-refractivity contribution in [2.24, 2.45) is 0 Å². The Bertz CT molecular complexity index is 1040. The summed E-state index contributed by atoms with van der Waals surface area (Å²) in [6.07, 6.45) is 3.81. The number of pyridine rings is 1. The number of carbonyl (C=O) groups is 1. The van der Waals surface area contributed by atoms with Crippen LogP contribution in [0.1, 0.15) is 11.3 Å². The Morgan fingerprint density at radius 1 is 0.897 bits per heavy atom. The number of hydrogen-bond acceptors (Lipinski definition) is 4. The van der Waals surface area contributed by atoms with Crippen molar-refractivity contribution >= 4 is 11.6 Å². The first-order valence-electron chi connectivity index (χ1n) is 9.35. The molecule has 6 heteroatoms. The van der Waals surface area contributed by atoms with E-state index in [-0.39, 0.29) is 12.5 Å². The second-order valence-electron chi connectivity index (χ2n) is 6.51. The highest BCUT2D eigenvalue weighted by atomic mass is 16.5. The highest BCUT2D eigenvalue weighted by Crippen LogP contribution is 2.18. The Kier molecular flexibility index (Phi) is 5.71. The van der Waals surface area contributed by atoms with E-state index in [0.29, 0.717) is 18.9 Å². The van der Waals surface area contributed by atoms with Gasteiger partial charge in [-0.05, 0) is 42.0 Å². The van der Waals surface area contributed by atoms with E-state index in [1.165, 1.54) is 0 Å². The molecule has 0 saturated heterocycles. The SMILES string of the molecule is O=C(COc1ccc(OCc2ccccc2)cc1)NCc1cn2ccccc2n1. The lowest BCUT2D eigenvalue weighted by Gasteiger charge is -2.09. The number of benzene rings is 2. The Labute approximate surface area is 168 Å². The third-order valence-corrected chi connectivity index (χ3v) is 4.32. The maximum absolute atomic E-state index is 12.0. The van der Waals surface area contributed by atoms with Gasteiger partial charge in [-0.3, -0.25) is 4.79 Å². The van der Waals surface area contributed by atoms with Gasteiger partial charge in [0, 0.05) is 12.4 Å². The zero-order valence-electron chi connectivity index (χ0n) is 15.8. The second kappa shape index (κ2) is 8.93. The molecule has 0 spiro atoms. The maximum atomic E-state index is 12.0. The van der Waals surface area contributed by atoms with Gasteiger partial charge in [0.05, 0.1) is 12.2 Å². The first kappa shape index (κ1) is 18.6. The molecule has 0 atom stereocenters. The summed E-state index contributed by atoms with van der Waals surface area (Å²) in [7, 11) is 0. The van der Waals surface area contributed by atoms with E-state index in [4.69, 9.17) is 9.47 Å². The lowest BCUT2D eigenvalue weighted by atomic mass is 10.2. The molecule has 29 heavy (non-hydrogen) atoms. The van der Waals surface area contributed by atoms with Crippen LogP contribution in [-0.4, -0.2) is 21.9 Å². The number of carbonyl (C=O) groups excluding carboxylic acids is 1. The number of aromatic nitrogens is 2. The predicted molar refractivity (Wildman–Crippen MR) is 110 cm³/mol. The lowest BCUT2D eigenvalue weighted by molar-refractivity contribution is -0.123. The monoisotopic (exact) mass is 387 g/mol. The third-order valence-electron chi connectivity index (χ3n) is 4.32. The zero-order chi connectivity index (χ0) is 19.9. The molecule has 4 rings (SSSR count). The topological polar surface area (TPSA) is 64.9 Å². The Morgan fingerprint density at radius 2 is 1.62 bits per heavy atom. The van der Waals surface area contributed by atoms with Gasteiger partial charge in [-0.2, -0.15) is 0 Å². The standard InChI is InChI=1S/C23H21N3O3/c27-23(24-14-19-15-26-13-5-4-8-22(26)25-19)17-29-21-11-9-20(10-12-21)28-16-18-6-2-1-3-7-18/h1-13,15H,14,16-17H2,(H,24,27). The average Bonchev–Trinajstić information content (AvgIpc) is 3.19. The fourth-order valence-corrected chi connectivity index (χ4v) is 2.83. The minimum atomic E-state index is -0.202. The van der Waals surface area contributed by atoms with Crippen molar-refractivity contribution in [3.8, 4) is 11.5 Å². The minimum absolute atomic E-state index is 0.0579. The smallest absolute Gasteiger partial charge is 0.258 e. The van der Waals surface area contributed by atoms with Gasteiger partial charge in [0.1, 0.15) is 23.8 Å². The number of nitrogens with zero attached hydrogens (tertiary/aromatic N) is 2. The average molecular weight is 387 g/mol. The van der Waals surface area contributed by atoms with Crippen LogP contribution in [0.2, 0.25) is 0 Å². The van der Waals surface area contributed by atoms with E-state index in [9.17, 15) is 4.79 Å². The van der Waals surface area contributed by atoms with E-state index in [1.54, 1.807) is 12.1 Å². The minimum Gasteiger partial charge on any atom is -0.489 e. The van der Waals surface area contributed by atoms with Crippen LogP contribution in [0.3, 0.4) is 0 Å². The Morgan fingerprint density at radius 3 is 2.38 bits per heavy atom. The van der Waals surface area contributed by atoms with E-state index >= 15 is 0 Å². The van der Waals surface area contributed by atoms with Crippen molar-refractivity contribution in [2.45, 2.75) is 13.2 Å². The van der Waals surface area contributed by atoms with E-state index in [1.807, 2.05) is 77.5 Å². The van der Waals surface area contributed by atoms with Crippen LogP contribution in [0.15, 0.2) is 85.2 Å². The van der Waals surface area contributed by atoms with Gasteiger partial charge in [-0.25, -0.2) is 4.98 Å². The van der Waals surface area contributed by atoms with Gasteiger partial charge in [-0.15, -0.1) is 0 Å². The molecule has 0 aliphatic heterocycles. The predicted octanol–water partition coefficient (Wildman–Crippen LogP) is 3.61. The van der Waals surface area contributed by atoms with E-state index < -0.39 is 0 Å². The van der Waals surface area contributed by atoms with Gasteiger partial charge in [0.25, 0.3) is 5.91 Å². The fraction of sp³-hybridized carbons (Fsp3) is 0.130. The van der Waals surface area contributed by atoms with Gasteiger partial charge in [-0.1, -0.05) is 36.4 Å². The second-order valence-corrected chi connectivity index (χ2v) is 6.51. The molecule has 146 valence electrons. The summed E-state index contributed by atoms with van der Waals surface area (Å²) in [5.41, 5.74) is 2.75. The van der Waals surface area contributed by atoms with Crippen LogP contribution in [0.4, 0.5) is 0 Å². The maximum Gasteiger partial charge on any atom is 0.258 e. The number of imidazole rings is 1. The van der Waals surface area contributed by atoms with Gasteiger partial charge >= 0.3 is 0 Å². The Balaban J connectivity index is 1.21. The number of fused-ring (bicyclic) bond motifs is 1. The molecular formula is C23H21N3O3. The summed E-state index contributed by atoms with van der Waals surface area (Å²) in [5.74, 6) is 1.16. The normalized spacial score (nSPS) is 10.6. The molecule has 4 aromatic rings. The van der Waals surface area contributed by atoms with Crippen molar-refractivity contribution in [1.82, 2.24) is 14.7 Å². The number of hydrogen-bond donors (Lipinski definition) is 1. The zero-order valence-corrected chi connectivity index (χ0v) is 15.8. The summed E-state index contributed by atoms with van der Waals surface area (Å²) in [6.45, 7) is 0.806. The van der Waals surface area contributed by atoms with Crippen molar-refractivity contribution in [3.05, 3.63) is 96.4 Å². The molecule has 0 unspecified atom stereocenters. The molecule has 0 saturated carbocycles. The van der Waals surface area contributed by atoms with Gasteiger partial charge in [0.2, 0.25) is 0 Å². The summed E-state index contributed by atoms with van der Waals surface area (Å²) in [4.78, 5) is 16.5. The molecule has 2 heterocycles. The largest absolute Gasteiger partial charge is 0.489 e. The molecule has 0 fully saturated rings. The number of rotatable bonds is 8. The molecule has 0 aliphatic rings. The van der Waals surface area contributed by atoms with Crippen LogP contribution in [0.25, 0.3) is 5.65 Å². The third kappa shape index (κ3) is 5.13. The van der Waals surface area contributed by atoms with E-state index in [2.05, 4.69) is 10.3 Å². The highest BCUT2D eigenvalue weighted by molar-refractivity contribution is 5.77. The van der Waals surface area contributed by atoms with E-state index in [0.717, 1.165) is 22.7 Å². The van der Waals surface area contributed by atoms with Crippen molar-refractivity contribution in [2.75, 3.05) is 6.61 Å². The molecule has 1 N–H and O–H groups in total. The lowest BCUT2D eigenvalue weighted by Crippen LogP contribution is -2.28. The van der Waals surface area contributed by atoms with Crippen molar-refractivity contribution in [3.63, 3.8) is 0 Å². The summed E-state index contributed by atoms with van der Waals surface area (Å²) in [5, 5.41) is 2.82. The van der Waals surface area contributed by atoms with Crippen LogP contribution >= 0.6 is 0 Å². The van der Waals surface area contributed by atoms with Crippen LogP contribution in [-0.2, 0) is 17.9 Å². The van der Waals surface area contributed by atoms with Crippen LogP contribution < -0.4 is 14.8 Å². The fourth-order valence-electron chi connectivity index (χ4n) is 2.83.